The van der Waals surface area contributed by atoms with Gasteiger partial charge in [-0.1, -0.05) is 0 Å². The minimum atomic E-state index is -0.542. The van der Waals surface area contributed by atoms with Crippen LogP contribution in [0.5, 0.6) is 0 Å². The van der Waals surface area contributed by atoms with E-state index in [-0.39, 0.29) is 24.8 Å². The highest BCUT2D eigenvalue weighted by Gasteiger charge is 2.46. The van der Waals surface area contributed by atoms with Crippen molar-refractivity contribution in [2.75, 3.05) is 19.7 Å². The summed E-state index contributed by atoms with van der Waals surface area (Å²) in [7, 11) is 0. The van der Waals surface area contributed by atoms with Gasteiger partial charge in [0.15, 0.2) is 6.23 Å². The molecule has 1 aromatic rings. The molecule has 0 amide bonds. The Bertz CT molecular complexity index is 568. The molecule has 0 bridgehead atoms. The summed E-state index contributed by atoms with van der Waals surface area (Å²) >= 11 is 0. The zero-order valence-corrected chi connectivity index (χ0v) is 10.2. The van der Waals surface area contributed by atoms with Gasteiger partial charge in [0.25, 0.3) is 5.56 Å². The molecule has 4 atom stereocenters. The average Bonchev–Trinajstić information content (AvgIpc) is 2.78. The zero-order valence-electron chi connectivity index (χ0n) is 10.2. The Morgan fingerprint density at radius 3 is 2.74 bits per heavy atom. The van der Waals surface area contributed by atoms with Crippen LogP contribution in [-0.4, -0.2) is 52.5 Å². The summed E-state index contributed by atoms with van der Waals surface area (Å²) in [6.45, 7) is 1.43. The number of piperazine rings is 1. The smallest absolute Gasteiger partial charge is 0.330 e. The number of hydrogen-bond donors (Lipinski definition) is 4. The number of aromatic nitrogens is 2. The minimum absolute atomic E-state index is 0.0532. The number of rotatable bonds is 2. The van der Waals surface area contributed by atoms with Crippen molar-refractivity contribution in [1.29, 1.82) is 0 Å². The molecule has 2 aliphatic rings. The van der Waals surface area contributed by atoms with Crippen LogP contribution in [0.25, 0.3) is 0 Å². The first-order valence-corrected chi connectivity index (χ1v) is 6.25. The molecule has 0 aromatic carbocycles. The molecule has 8 heteroatoms. The van der Waals surface area contributed by atoms with Crippen molar-refractivity contribution < 1.29 is 9.84 Å². The van der Waals surface area contributed by atoms with E-state index in [0.717, 1.165) is 13.1 Å². The van der Waals surface area contributed by atoms with E-state index in [1.165, 1.54) is 16.8 Å². The number of aromatic amines is 1. The molecular formula is C11H16N4O4. The third-order valence-corrected chi connectivity index (χ3v) is 3.60. The number of ether oxygens (including phenoxy) is 1. The summed E-state index contributed by atoms with van der Waals surface area (Å²) in [6, 6.07) is 1.11. The fraction of sp³-hybridized carbons (Fsp3) is 0.636. The number of aliphatic hydroxyl groups is 1. The first-order valence-electron chi connectivity index (χ1n) is 6.25. The van der Waals surface area contributed by atoms with Gasteiger partial charge in [-0.2, -0.15) is 0 Å². The van der Waals surface area contributed by atoms with Crippen LogP contribution >= 0.6 is 0 Å². The Hall–Kier alpha value is -1.48. The van der Waals surface area contributed by atoms with Crippen LogP contribution < -0.4 is 21.9 Å². The van der Waals surface area contributed by atoms with Crippen LogP contribution in [0.1, 0.15) is 6.23 Å². The van der Waals surface area contributed by atoms with Crippen LogP contribution in [0.3, 0.4) is 0 Å². The molecular weight excluding hydrogens is 252 g/mol. The summed E-state index contributed by atoms with van der Waals surface area (Å²) in [5.74, 6) is 0. The van der Waals surface area contributed by atoms with Gasteiger partial charge in [-0.15, -0.1) is 0 Å². The van der Waals surface area contributed by atoms with Gasteiger partial charge >= 0.3 is 5.69 Å². The first kappa shape index (κ1) is 12.5. The Labute approximate surface area is 108 Å². The number of fused-ring (bicyclic) bond motifs is 1. The Morgan fingerprint density at radius 2 is 2.05 bits per heavy atom. The highest BCUT2D eigenvalue weighted by Crippen LogP contribution is 2.29. The molecule has 8 nitrogen and oxygen atoms in total. The molecule has 3 heterocycles. The lowest BCUT2D eigenvalue weighted by atomic mass is 10.0. The number of hydrogen-bond acceptors (Lipinski definition) is 6. The summed E-state index contributed by atoms with van der Waals surface area (Å²) < 4.78 is 7.07. The van der Waals surface area contributed by atoms with Crippen molar-refractivity contribution in [2.24, 2.45) is 0 Å². The van der Waals surface area contributed by atoms with E-state index >= 15 is 0 Å². The third-order valence-electron chi connectivity index (χ3n) is 3.60. The zero-order chi connectivity index (χ0) is 13.4. The molecule has 104 valence electrons. The molecule has 2 aliphatic heterocycles. The van der Waals surface area contributed by atoms with Gasteiger partial charge in [0.1, 0.15) is 6.10 Å². The maximum absolute atomic E-state index is 11.8. The number of H-pyrrole nitrogens is 1. The Kier molecular flexibility index (Phi) is 3.23. The molecule has 0 radical (unpaired) electrons. The van der Waals surface area contributed by atoms with E-state index in [9.17, 15) is 14.7 Å². The molecule has 1 aromatic heterocycles. The molecule has 0 unspecified atom stereocenters. The van der Waals surface area contributed by atoms with Crippen LogP contribution in [-0.2, 0) is 4.74 Å². The van der Waals surface area contributed by atoms with E-state index in [1.807, 2.05) is 0 Å². The van der Waals surface area contributed by atoms with Crippen LogP contribution in [0.15, 0.2) is 21.9 Å². The maximum Gasteiger partial charge on any atom is 0.330 e. The van der Waals surface area contributed by atoms with Gasteiger partial charge in [-0.25, -0.2) is 4.79 Å². The third kappa shape index (κ3) is 2.12. The standard InChI is InChI=1S/C11H16N4O4/c16-5-6-8-9(13-3-2-12-8)10(19-6)15-4-1-7(17)14-11(15)18/h1,4,6,8-10,12-13,16H,2-3,5H2,(H,14,17,18)/t6-,8-,9-,10-/m1/s1. The Balaban J connectivity index is 1.95. The van der Waals surface area contributed by atoms with Crippen molar-refractivity contribution in [3.8, 4) is 0 Å². The largest absolute Gasteiger partial charge is 0.394 e. The number of nitrogens with one attached hydrogen (secondary N) is 3. The topological polar surface area (TPSA) is 108 Å². The molecule has 2 saturated heterocycles. The summed E-state index contributed by atoms with van der Waals surface area (Å²) in [5.41, 5.74) is -0.952. The van der Waals surface area contributed by atoms with Gasteiger partial charge in [0.05, 0.1) is 18.7 Å². The van der Waals surface area contributed by atoms with Gasteiger partial charge < -0.3 is 20.5 Å². The SMILES string of the molecule is O=c1ccn([C@@H]2O[C@H](CO)[C@H]3NCCN[C@H]32)c(=O)[nH]1. The van der Waals surface area contributed by atoms with Crippen LogP contribution in [0.2, 0.25) is 0 Å². The van der Waals surface area contributed by atoms with E-state index in [1.54, 1.807) is 0 Å². The number of nitrogens with zero attached hydrogens (tertiary/aromatic N) is 1. The van der Waals surface area contributed by atoms with Gasteiger partial charge in [0, 0.05) is 25.4 Å². The van der Waals surface area contributed by atoms with E-state index in [0.29, 0.717) is 0 Å². The number of aliphatic hydroxyl groups excluding tert-OH is 1. The highest BCUT2D eigenvalue weighted by atomic mass is 16.5. The lowest BCUT2D eigenvalue weighted by molar-refractivity contribution is -0.0322. The highest BCUT2D eigenvalue weighted by molar-refractivity contribution is 5.02. The van der Waals surface area contributed by atoms with Gasteiger partial charge in [-0.3, -0.25) is 14.3 Å². The van der Waals surface area contributed by atoms with Crippen molar-refractivity contribution in [3.63, 3.8) is 0 Å². The van der Waals surface area contributed by atoms with Crippen molar-refractivity contribution >= 4 is 0 Å². The molecule has 4 N–H and O–H groups in total. The maximum atomic E-state index is 11.8. The molecule has 3 rings (SSSR count). The quantitative estimate of drug-likeness (QED) is 0.467. The lowest BCUT2D eigenvalue weighted by Crippen LogP contribution is -2.59. The molecule has 0 spiro atoms. The Morgan fingerprint density at radius 1 is 1.32 bits per heavy atom. The normalized spacial score (nSPS) is 34.2. The van der Waals surface area contributed by atoms with Crippen molar-refractivity contribution in [2.45, 2.75) is 24.4 Å². The van der Waals surface area contributed by atoms with Gasteiger partial charge in [0.2, 0.25) is 0 Å². The van der Waals surface area contributed by atoms with E-state index < -0.39 is 17.5 Å². The fourth-order valence-electron chi connectivity index (χ4n) is 2.74. The molecule has 2 fully saturated rings. The lowest BCUT2D eigenvalue weighted by Gasteiger charge is -2.30. The van der Waals surface area contributed by atoms with Gasteiger partial charge in [-0.05, 0) is 0 Å². The molecule has 0 aliphatic carbocycles. The second-order valence-corrected chi connectivity index (χ2v) is 4.72. The summed E-state index contributed by atoms with van der Waals surface area (Å²) in [4.78, 5) is 25.1. The molecule has 0 saturated carbocycles. The van der Waals surface area contributed by atoms with Crippen molar-refractivity contribution in [3.05, 3.63) is 33.1 Å². The second-order valence-electron chi connectivity index (χ2n) is 4.72. The summed E-state index contributed by atoms with van der Waals surface area (Å²) in [5, 5.41) is 15.9. The summed E-state index contributed by atoms with van der Waals surface area (Å²) in [6.07, 6.45) is 0.500. The second kappa shape index (κ2) is 4.89. The van der Waals surface area contributed by atoms with Crippen molar-refractivity contribution in [1.82, 2.24) is 20.2 Å². The fourth-order valence-corrected chi connectivity index (χ4v) is 2.74. The average molecular weight is 268 g/mol. The monoisotopic (exact) mass is 268 g/mol. The van der Waals surface area contributed by atoms with Crippen LogP contribution in [0.4, 0.5) is 0 Å². The first-order chi connectivity index (χ1) is 9.20. The predicted octanol–water partition coefficient (Wildman–Crippen LogP) is -2.64. The minimum Gasteiger partial charge on any atom is -0.394 e. The van der Waals surface area contributed by atoms with Crippen LogP contribution in [0, 0.1) is 0 Å². The predicted molar refractivity (Wildman–Crippen MR) is 65.9 cm³/mol. The van der Waals surface area contributed by atoms with E-state index in [2.05, 4.69) is 15.6 Å². The molecule has 19 heavy (non-hydrogen) atoms. The van der Waals surface area contributed by atoms with E-state index in [4.69, 9.17) is 4.74 Å².